The molecule has 1 unspecified atom stereocenters. The number of hydrogen-bond acceptors (Lipinski definition) is 4. The summed E-state index contributed by atoms with van der Waals surface area (Å²) in [6, 6.07) is 24.0. The number of benzene rings is 3. The first kappa shape index (κ1) is 22.4. The number of amides is 2. The maximum atomic E-state index is 12.8. The molecule has 0 saturated heterocycles. The van der Waals surface area contributed by atoms with E-state index in [0.29, 0.717) is 12.1 Å². The van der Waals surface area contributed by atoms with E-state index in [1.54, 1.807) is 0 Å². The van der Waals surface area contributed by atoms with Gasteiger partial charge in [0.15, 0.2) is 0 Å². The Balaban J connectivity index is 1.33. The molecule has 0 aliphatic carbocycles. The number of aliphatic hydroxyl groups is 1. The lowest BCUT2D eigenvalue weighted by molar-refractivity contribution is 0.239. The molecule has 4 N–H and O–H groups in total. The molecule has 34 heavy (non-hydrogen) atoms. The van der Waals surface area contributed by atoms with Crippen LogP contribution in [0.15, 0.2) is 83.9 Å². The fraction of sp³-hybridized carbons (Fsp3) is 0.222. The predicted molar refractivity (Wildman–Crippen MR) is 140 cm³/mol. The van der Waals surface area contributed by atoms with Crippen LogP contribution in [-0.4, -0.2) is 35.0 Å². The number of nitrogens with zero attached hydrogens (tertiary/aromatic N) is 1. The Hall–Kier alpha value is -3.42. The Morgan fingerprint density at radius 1 is 1.09 bits per heavy atom. The highest BCUT2D eigenvalue weighted by Gasteiger charge is 2.21. The highest BCUT2D eigenvalue weighted by Crippen LogP contribution is 2.37. The highest BCUT2D eigenvalue weighted by molar-refractivity contribution is 7.99. The summed E-state index contributed by atoms with van der Waals surface area (Å²) in [7, 11) is 0. The van der Waals surface area contributed by atoms with Crippen LogP contribution in [0.4, 0.5) is 16.2 Å². The van der Waals surface area contributed by atoms with Crippen LogP contribution in [0.2, 0.25) is 0 Å². The minimum absolute atomic E-state index is 0.0149. The Kier molecular flexibility index (Phi) is 6.74. The number of urea groups is 1. The lowest BCUT2D eigenvalue weighted by Gasteiger charge is -2.32. The summed E-state index contributed by atoms with van der Waals surface area (Å²) in [4.78, 5) is 19.6. The van der Waals surface area contributed by atoms with E-state index >= 15 is 0 Å². The number of nitrogens with one attached hydrogen (secondary N) is 3. The first-order chi connectivity index (χ1) is 16.7. The van der Waals surface area contributed by atoms with E-state index < -0.39 is 0 Å². The first-order valence-corrected chi connectivity index (χ1v) is 12.5. The van der Waals surface area contributed by atoms with Gasteiger partial charge in [-0.25, -0.2) is 4.79 Å². The number of rotatable bonds is 7. The molecule has 0 radical (unpaired) electrons. The summed E-state index contributed by atoms with van der Waals surface area (Å²) in [5.41, 5.74) is 5.12. The van der Waals surface area contributed by atoms with Crippen LogP contribution < -0.4 is 15.5 Å². The van der Waals surface area contributed by atoms with Crippen molar-refractivity contribution in [2.75, 3.05) is 29.1 Å². The van der Waals surface area contributed by atoms with Gasteiger partial charge in [0.05, 0.1) is 11.7 Å². The molecule has 6 nitrogen and oxygen atoms in total. The molecule has 174 valence electrons. The smallest absolute Gasteiger partial charge is 0.319 e. The van der Waals surface area contributed by atoms with E-state index in [-0.39, 0.29) is 18.7 Å². The number of aromatic amines is 1. The molecule has 0 fully saturated rings. The number of H-pyrrole nitrogens is 1. The van der Waals surface area contributed by atoms with Crippen LogP contribution in [0.5, 0.6) is 0 Å². The molecule has 4 aromatic rings. The summed E-state index contributed by atoms with van der Waals surface area (Å²) in [5.74, 6) is 1.05. The van der Waals surface area contributed by atoms with Gasteiger partial charge < -0.3 is 25.6 Å². The Morgan fingerprint density at radius 3 is 2.82 bits per heavy atom. The van der Waals surface area contributed by atoms with Gasteiger partial charge in [0.25, 0.3) is 0 Å². The minimum Gasteiger partial charge on any atom is -0.396 e. The van der Waals surface area contributed by atoms with Gasteiger partial charge in [-0.3, -0.25) is 0 Å². The van der Waals surface area contributed by atoms with Gasteiger partial charge >= 0.3 is 6.03 Å². The van der Waals surface area contributed by atoms with Crippen molar-refractivity contribution < 1.29 is 9.90 Å². The lowest BCUT2D eigenvalue weighted by Crippen LogP contribution is -2.33. The molecule has 0 spiro atoms. The standard InChI is InChI=1S/C27H28N4O2S/c32-14-11-23(30-27(33)29-22-8-6-20-10-12-28-24(20)17-22)21-7-9-26-25(16-21)31(13-15-34-26)18-19-4-2-1-3-5-19/h1-10,12,16-17,23,28,32H,11,13-15,18H2,(H2,29,30,33). The fourth-order valence-corrected chi connectivity index (χ4v) is 5.41. The molecule has 3 aromatic carbocycles. The number of aliphatic hydroxyl groups excluding tert-OH is 1. The monoisotopic (exact) mass is 472 g/mol. The second kappa shape index (κ2) is 10.2. The Morgan fingerprint density at radius 2 is 1.97 bits per heavy atom. The van der Waals surface area contributed by atoms with Gasteiger partial charge in [-0.15, -0.1) is 11.8 Å². The number of carbonyl (C=O) groups is 1. The molecule has 7 heteroatoms. The second-order valence-corrected chi connectivity index (χ2v) is 9.56. The van der Waals surface area contributed by atoms with Crippen LogP contribution in [-0.2, 0) is 6.54 Å². The third kappa shape index (κ3) is 5.05. The number of thioether (sulfide) groups is 1. The van der Waals surface area contributed by atoms with E-state index in [1.165, 1.54) is 16.1 Å². The molecule has 1 aliphatic rings. The SMILES string of the molecule is O=C(Nc1ccc2cc[nH]c2c1)NC(CCO)c1ccc2c(c1)N(Cc1ccccc1)CCS2. The van der Waals surface area contributed by atoms with E-state index in [4.69, 9.17) is 0 Å². The van der Waals surface area contributed by atoms with Gasteiger partial charge in [0, 0.05) is 47.7 Å². The van der Waals surface area contributed by atoms with E-state index in [1.807, 2.05) is 48.3 Å². The third-order valence-corrected chi connectivity index (χ3v) is 7.14. The second-order valence-electron chi connectivity index (χ2n) is 8.43. The summed E-state index contributed by atoms with van der Waals surface area (Å²) in [6.07, 6.45) is 2.31. The minimum atomic E-state index is -0.296. The molecular weight excluding hydrogens is 444 g/mol. The molecule has 5 rings (SSSR count). The number of anilines is 2. The van der Waals surface area contributed by atoms with Crippen LogP contribution >= 0.6 is 11.8 Å². The number of fused-ring (bicyclic) bond motifs is 2. The average Bonchev–Trinajstić information content (AvgIpc) is 3.32. The predicted octanol–water partition coefficient (Wildman–Crippen LogP) is 5.53. The molecule has 1 atom stereocenters. The van der Waals surface area contributed by atoms with Crippen molar-refractivity contribution >= 4 is 40.1 Å². The molecule has 2 amide bonds. The molecular formula is C27H28N4O2S. The van der Waals surface area contributed by atoms with Crippen molar-refractivity contribution in [3.63, 3.8) is 0 Å². The van der Waals surface area contributed by atoms with Crippen LogP contribution in [0.25, 0.3) is 10.9 Å². The Labute approximate surface area is 203 Å². The third-order valence-electron chi connectivity index (χ3n) is 6.10. The number of hydrogen-bond donors (Lipinski definition) is 4. The number of carbonyl (C=O) groups excluding carboxylic acids is 1. The fourth-order valence-electron chi connectivity index (χ4n) is 4.38. The summed E-state index contributed by atoms with van der Waals surface area (Å²) in [5, 5.41) is 16.8. The summed E-state index contributed by atoms with van der Waals surface area (Å²) >= 11 is 1.86. The topological polar surface area (TPSA) is 80.4 Å². The maximum Gasteiger partial charge on any atom is 0.319 e. The van der Waals surface area contributed by atoms with Crippen molar-refractivity contribution in [2.24, 2.45) is 0 Å². The zero-order valence-corrected chi connectivity index (χ0v) is 19.6. The zero-order chi connectivity index (χ0) is 23.3. The van der Waals surface area contributed by atoms with Crippen molar-refractivity contribution in [3.05, 3.63) is 90.1 Å². The van der Waals surface area contributed by atoms with Gasteiger partial charge in [-0.1, -0.05) is 42.5 Å². The summed E-state index contributed by atoms with van der Waals surface area (Å²) in [6.45, 7) is 1.80. The zero-order valence-electron chi connectivity index (χ0n) is 18.8. The average molecular weight is 473 g/mol. The van der Waals surface area contributed by atoms with E-state index in [2.05, 4.69) is 63.0 Å². The van der Waals surface area contributed by atoms with Gasteiger partial charge in [-0.2, -0.15) is 0 Å². The molecule has 1 aromatic heterocycles. The maximum absolute atomic E-state index is 12.8. The highest BCUT2D eigenvalue weighted by atomic mass is 32.2. The van der Waals surface area contributed by atoms with Gasteiger partial charge in [0.2, 0.25) is 0 Å². The van der Waals surface area contributed by atoms with Crippen LogP contribution in [0.1, 0.15) is 23.6 Å². The van der Waals surface area contributed by atoms with Crippen molar-refractivity contribution in [1.29, 1.82) is 0 Å². The molecule has 0 saturated carbocycles. The van der Waals surface area contributed by atoms with E-state index in [0.717, 1.165) is 35.3 Å². The largest absolute Gasteiger partial charge is 0.396 e. The van der Waals surface area contributed by atoms with E-state index in [9.17, 15) is 9.90 Å². The van der Waals surface area contributed by atoms with Crippen LogP contribution in [0, 0.1) is 0 Å². The molecule has 1 aliphatic heterocycles. The quantitative estimate of drug-likeness (QED) is 0.285. The molecule has 2 heterocycles. The van der Waals surface area contributed by atoms with Gasteiger partial charge in [0.1, 0.15) is 0 Å². The van der Waals surface area contributed by atoms with Gasteiger partial charge in [-0.05, 0) is 53.3 Å². The van der Waals surface area contributed by atoms with Crippen molar-refractivity contribution in [2.45, 2.75) is 23.9 Å². The summed E-state index contributed by atoms with van der Waals surface area (Å²) < 4.78 is 0. The van der Waals surface area contributed by atoms with Crippen molar-refractivity contribution in [1.82, 2.24) is 10.3 Å². The lowest BCUT2D eigenvalue weighted by atomic mass is 10.0. The normalized spacial score (nSPS) is 14.0. The van der Waals surface area contributed by atoms with Crippen LogP contribution in [0.3, 0.4) is 0 Å². The number of aromatic nitrogens is 1. The molecule has 0 bridgehead atoms. The first-order valence-electron chi connectivity index (χ1n) is 11.5. The van der Waals surface area contributed by atoms with Crippen molar-refractivity contribution in [3.8, 4) is 0 Å². The Bertz CT molecular complexity index is 1270.